The van der Waals surface area contributed by atoms with Crippen molar-refractivity contribution in [1.82, 2.24) is 15.6 Å². The van der Waals surface area contributed by atoms with Crippen LogP contribution >= 0.6 is 0 Å². The molecule has 1 aliphatic heterocycles. The molecule has 1 aromatic heterocycles. The van der Waals surface area contributed by atoms with Gasteiger partial charge in [0.15, 0.2) is 5.69 Å². The highest BCUT2D eigenvalue weighted by Crippen LogP contribution is 2.12. The van der Waals surface area contributed by atoms with Gasteiger partial charge in [0.25, 0.3) is 5.91 Å². The maximum atomic E-state index is 11.9. The number of carbonyl (C=O) groups is 1. The Morgan fingerprint density at radius 3 is 2.94 bits per heavy atom. The number of H-pyrrole nitrogens is 1. The Kier molecular flexibility index (Phi) is 3.61. The molecule has 1 amide bonds. The standard InChI is InChI=1S/C11H16N4O3/c1-7-8(3-2-6-12-7)14-11(16)9-4-5-10(13-9)15(17)18/h4-5,7-8,12-13H,2-3,6H2,1H3,(H,14,16). The summed E-state index contributed by atoms with van der Waals surface area (Å²) in [6.45, 7) is 2.97. The van der Waals surface area contributed by atoms with Crippen LogP contribution in [0.3, 0.4) is 0 Å². The lowest BCUT2D eigenvalue weighted by Crippen LogP contribution is -2.51. The summed E-state index contributed by atoms with van der Waals surface area (Å²) in [6, 6.07) is 2.99. The molecule has 98 valence electrons. The molecule has 2 unspecified atom stereocenters. The first kappa shape index (κ1) is 12.6. The highest BCUT2D eigenvalue weighted by molar-refractivity contribution is 5.93. The molecule has 3 N–H and O–H groups in total. The molecule has 1 aromatic rings. The van der Waals surface area contributed by atoms with Gasteiger partial charge in [0, 0.05) is 18.2 Å². The predicted octanol–water partition coefficient (Wildman–Crippen LogP) is 0.793. The van der Waals surface area contributed by atoms with Crippen LogP contribution in [0.4, 0.5) is 5.82 Å². The maximum absolute atomic E-state index is 11.9. The third kappa shape index (κ3) is 2.67. The number of aromatic nitrogens is 1. The molecule has 7 heteroatoms. The highest BCUT2D eigenvalue weighted by Gasteiger charge is 2.24. The monoisotopic (exact) mass is 252 g/mol. The number of nitrogens with zero attached hydrogens (tertiary/aromatic N) is 1. The predicted molar refractivity (Wildman–Crippen MR) is 65.4 cm³/mol. The van der Waals surface area contributed by atoms with Crippen LogP contribution in [0.15, 0.2) is 12.1 Å². The molecule has 0 radical (unpaired) electrons. The second kappa shape index (κ2) is 5.18. The number of nitrogens with one attached hydrogen (secondary N) is 3. The van der Waals surface area contributed by atoms with Crippen LogP contribution in [0.2, 0.25) is 0 Å². The number of piperidine rings is 1. The zero-order chi connectivity index (χ0) is 13.1. The minimum absolute atomic E-state index is 0.0635. The fraction of sp³-hybridized carbons (Fsp3) is 0.545. The summed E-state index contributed by atoms with van der Waals surface area (Å²) in [5.41, 5.74) is 0.222. The second-order valence-electron chi connectivity index (χ2n) is 4.48. The van der Waals surface area contributed by atoms with E-state index in [9.17, 15) is 14.9 Å². The Hall–Kier alpha value is -1.89. The Labute approximate surface area is 104 Å². The van der Waals surface area contributed by atoms with Crippen molar-refractivity contribution in [2.75, 3.05) is 6.54 Å². The maximum Gasteiger partial charge on any atom is 0.321 e. The Balaban J connectivity index is 2.00. The zero-order valence-corrected chi connectivity index (χ0v) is 10.1. The van der Waals surface area contributed by atoms with Crippen molar-refractivity contribution in [2.45, 2.75) is 31.8 Å². The normalized spacial score (nSPS) is 23.6. The smallest absolute Gasteiger partial charge is 0.321 e. The quantitative estimate of drug-likeness (QED) is 0.547. The molecular formula is C11H16N4O3. The second-order valence-corrected chi connectivity index (χ2v) is 4.48. The van der Waals surface area contributed by atoms with Crippen LogP contribution in [0.25, 0.3) is 0 Å². The molecule has 18 heavy (non-hydrogen) atoms. The van der Waals surface area contributed by atoms with Crippen LogP contribution < -0.4 is 10.6 Å². The van der Waals surface area contributed by atoms with E-state index in [2.05, 4.69) is 15.6 Å². The van der Waals surface area contributed by atoms with Crippen LogP contribution in [0.1, 0.15) is 30.3 Å². The molecule has 7 nitrogen and oxygen atoms in total. The van der Waals surface area contributed by atoms with E-state index in [1.807, 2.05) is 6.92 Å². The molecule has 0 aromatic carbocycles. The van der Waals surface area contributed by atoms with E-state index in [4.69, 9.17) is 0 Å². The lowest BCUT2D eigenvalue weighted by atomic mass is 10.00. The number of carbonyl (C=O) groups excluding carboxylic acids is 1. The van der Waals surface area contributed by atoms with Gasteiger partial charge in [-0.15, -0.1) is 0 Å². The third-order valence-corrected chi connectivity index (χ3v) is 3.19. The van der Waals surface area contributed by atoms with E-state index < -0.39 is 4.92 Å². The molecule has 1 aliphatic rings. The summed E-state index contributed by atoms with van der Waals surface area (Å²) in [7, 11) is 0. The lowest BCUT2D eigenvalue weighted by Gasteiger charge is -2.30. The summed E-state index contributed by atoms with van der Waals surface area (Å²) in [5, 5.41) is 16.7. The average molecular weight is 252 g/mol. The fourth-order valence-corrected chi connectivity index (χ4v) is 2.11. The topological polar surface area (TPSA) is 100 Å². The molecule has 0 spiro atoms. The van der Waals surface area contributed by atoms with Gasteiger partial charge in [-0.2, -0.15) is 0 Å². The number of amides is 1. The van der Waals surface area contributed by atoms with Gasteiger partial charge >= 0.3 is 5.82 Å². The van der Waals surface area contributed by atoms with Crippen molar-refractivity contribution in [3.05, 3.63) is 27.9 Å². The SMILES string of the molecule is CC1NCCCC1NC(=O)c1ccc([N+](=O)[O-])[nH]1. The van der Waals surface area contributed by atoms with Gasteiger partial charge in [0.05, 0.1) is 0 Å². The van der Waals surface area contributed by atoms with Gasteiger partial charge in [0.2, 0.25) is 0 Å². The summed E-state index contributed by atoms with van der Waals surface area (Å²) in [6.07, 6.45) is 1.93. The molecule has 2 heterocycles. The first-order valence-corrected chi connectivity index (χ1v) is 5.95. The Bertz CT molecular complexity index is 457. The van der Waals surface area contributed by atoms with E-state index in [1.165, 1.54) is 12.1 Å². The first-order valence-electron chi connectivity index (χ1n) is 5.95. The van der Waals surface area contributed by atoms with E-state index in [0.29, 0.717) is 0 Å². The molecule has 2 rings (SSSR count). The van der Waals surface area contributed by atoms with Crippen molar-refractivity contribution < 1.29 is 9.72 Å². The van der Waals surface area contributed by atoms with Gasteiger partial charge in [-0.25, -0.2) is 4.98 Å². The minimum atomic E-state index is -0.554. The fourth-order valence-electron chi connectivity index (χ4n) is 2.11. The zero-order valence-electron chi connectivity index (χ0n) is 10.1. The van der Waals surface area contributed by atoms with Crippen molar-refractivity contribution in [2.24, 2.45) is 0 Å². The van der Waals surface area contributed by atoms with Crippen molar-refractivity contribution >= 4 is 11.7 Å². The van der Waals surface area contributed by atoms with Gasteiger partial charge in [-0.1, -0.05) is 0 Å². The molecule has 0 saturated carbocycles. The number of rotatable bonds is 3. The number of hydrogen-bond donors (Lipinski definition) is 3. The van der Waals surface area contributed by atoms with Gasteiger partial charge in [-0.3, -0.25) is 4.79 Å². The molecule has 0 aliphatic carbocycles. The Morgan fingerprint density at radius 2 is 2.33 bits per heavy atom. The molecule has 2 atom stereocenters. The third-order valence-electron chi connectivity index (χ3n) is 3.19. The summed E-state index contributed by atoms with van der Waals surface area (Å²) in [5.74, 6) is -0.474. The van der Waals surface area contributed by atoms with E-state index in [-0.39, 0.29) is 29.5 Å². The Morgan fingerprint density at radius 1 is 1.56 bits per heavy atom. The molecular weight excluding hydrogens is 236 g/mol. The summed E-state index contributed by atoms with van der Waals surface area (Å²) in [4.78, 5) is 24.3. The van der Waals surface area contributed by atoms with Gasteiger partial charge in [-0.05, 0) is 37.3 Å². The average Bonchev–Trinajstić information content (AvgIpc) is 2.81. The van der Waals surface area contributed by atoms with Crippen LogP contribution in [-0.4, -0.2) is 34.4 Å². The first-order chi connectivity index (χ1) is 8.58. The van der Waals surface area contributed by atoms with Crippen molar-refractivity contribution in [3.63, 3.8) is 0 Å². The number of hydrogen-bond acceptors (Lipinski definition) is 4. The summed E-state index contributed by atoms with van der Waals surface area (Å²) >= 11 is 0. The van der Waals surface area contributed by atoms with Gasteiger partial charge in [0.1, 0.15) is 0 Å². The van der Waals surface area contributed by atoms with Crippen LogP contribution in [-0.2, 0) is 0 Å². The summed E-state index contributed by atoms with van der Waals surface area (Å²) < 4.78 is 0. The van der Waals surface area contributed by atoms with E-state index >= 15 is 0 Å². The number of aromatic amines is 1. The van der Waals surface area contributed by atoms with Crippen molar-refractivity contribution in [1.29, 1.82) is 0 Å². The molecule has 1 saturated heterocycles. The number of nitro groups is 1. The minimum Gasteiger partial charge on any atom is -0.358 e. The lowest BCUT2D eigenvalue weighted by molar-refractivity contribution is -0.389. The molecule has 0 bridgehead atoms. The highest BCUT2D eigenvalue weighted by atomic mass is 16.6. The van der Waals surface area contributed by atoms with Crippen LogP contribution in [0.5, 0.6) is 0 Å². The largest absolute Gasteiger partial charge is 0.358 e. The van der Waals surface area contributed by atoms with Crippen LogP contribution in [0, 0.1) is 10.1 Å². The van der Waals surface area contributed by atoms with E-state index in [1.54, 1.807) is 0 Å². The van der Waals surface area contributed by atoms with Gasteiger partial charge < -0.3 is 20.7 Å². The molecule has 1 fully saturated rings. The van der Waals surface area contributed by atoms with E-state index in [0.717, 1.165) is 19.4 Å². The van der Waals surface area contributed by atoms with Crippen molar-refractivity contribution in [3.8, 4) is 0 Å².